The van der Waals surface area contributed by atoms with Crippen molar-refractivity contribution >= 4 is 5.91 Å². The lowest BCUT2D eigenvalue weighted by molar-refractivity contribution is -0.150. The first-order valence-corrected chi connectivity index (χ1v) is 5.87. The van der Waals surface area contributed by atoms with Gasteiger partial charge in [0.25, 0.3) is 0 Å². The second-order valence-corrected chi connectivity index (χ2v) is 4.81. The predicted octanol–water partition coefficient (Wildman–Crippen LogP) is -0.842. The number of ether oxygens (including phenoxy) is 1. The standard InChI is InChI=1S/C11H20N2O3/c1-12-3-2-9(4-12)5-13-10(6-14)7-16-8-11(13)15/h9-10,14H,2-8H2,1H3. The number of nitrogens with zero attached hydrogens (tertiary/aromatic N) is 2. The molecule has 2 saturated heterocycles. The van der Waals surface area contributed by atoms with Crippen LogP contribution in [0.1, 0.15) is 6.42 Å². The lowest BCUT2D eigenvalue weighted by Gasteiger charge is -2.36. The molecule has 2 aliphatic heterocycles. The summed E-state index contributed by atoms with van der Waals surface area (Å²) < 4.78 is 5.14. The SMILES string of the molecule is CN1CCC(CN2C(=O)COCC2CO)C1. The van der Waals surface area contributed by atoms with E-state index in [1.807, 2.05) is 0 Å². The van der Waals surface area contributed by atoms with Crippen LogP contribution in [0.15, 0.2) is 0 Å². The maximum absolute atomic E-state index is 11.7. The molecule has 0 aromatic carbocycles. The number of amides is 1. The predicted molar refractivity (Wildman–Crippen MR) is 59.0 cm³/mol. The summed E-state index contributed by atoms with van der Waals surface area (Å²) in [6, 6.07) is -0.146. The van der Waals surface area contributed by atoms with Crippen LogP contribution in [-0.2, 0) is 9.53 Å². The largest absolute Gasteiger partial charge is 0.394 e. The van der Waals surface area contributed by atoms with Crippen LogP contribution in [0.2, 0.25) is 0 Å². The number of carbonyl (C=O) groups excluding carboxylic acids is 1. The molecule has 5 heteroatoms. The van der Waals surface area contributed by atoms with E-state index in [-0.39, 0.29) is 25.2 Å². The molecule has 0 saturated carbocycles. The van der Waals surface area contributed by atoms with Crippen LogP contribution >= 0.6 is 0 Å². The molecule has 2 heterocycles. The van der Waals surface area contributed by atoms with Crippen LogP contribution in [0, 0.1) is 5.92 Å². The highest BCUT2D eigenvalue weighted by atomic mass is 16.5. The summed E-state index contributed by atoms with van der Waals surface area (Å²) in [6.45, 7) is 3.53. The zero-order valence-electron chi connectivity index (χ0n) is 9.76. The molecule has 1 amide bonds. The van der Waals surface area contributed by atoms with E-state index in [1.165, 1.54) is 0 Å². The Morgan fingerprint density at radius 2 is 2.38 bits per heavy atom. The van der Waals surface area contributed by atoms with Crippen molar-refractivity contribution in [2.75, 3.05) is 46.5 Å². The molecule has 0 bridgehead atoms. The van der Waals surface area contributed by atoms with Crippen molar-refractivity contribution in [3.63, 3.8) is 0 Å². The van der Waals surface area contributed by atoms with Gasteiger partial charge in [-0.2, -0.15) is 0 Å². The van der Waals surface area contributed by atoms with Crippen molar-refractivity contribution in [2.45, 2.75) is 12.5 Å². The Hall–Kier alpha value is -0.650. The van der Waals surface area contributed by atoms with Gasteiger partial charge in [-0.25, -0.2) is 0 Å². The molecule has 92 valence electrons. The first-order valence-electron chi connectivity index (χ1n) is 5.87. The third-order valence-corrected chi connectivity index (χ3v) is 3.45. The zero-order valence-corrected chi connectivity index (χ0v) is 9.76. The fraction of sp³-hybridized carbons (Fsp3) is 0.909. The van der Waals surface area contributed by atoms with E-state index in [9.17, 15) is 9.90 Å². The summed E-state index contributed by atoms with van der Waals surface area (Å²) in [6.07, 6.45) is 1.14. The van der Waals surface area contributed by atoms with E-state index in [0.29, 0.717) is 12.5 Å². The van der Waals surface area contributed by atoms with Gasteiger partial charge in [-0.05, 0) is 25.9 Å². The van der Waals surface area contributed by atoms with Crippen LogP contribution in [-0.4, -0.2) is 73.4 Å². The molecule has 0 aromatic heterocycles. The second kappa shape index (κ2) is 5.12. The number of carbonyl (C=O) groups is 1. The average molecular weight is 228 g/mol. The maximum atomic E-state index is 11.7. The Bertz CT molecular complexity index is 260. The summed E-state index contributed by atoms with van der Waals surface area (Å²) in [5, 5.41) is 9.22. The van der Waals surface area contributed by atoms with Gasteiger partial charge in [-0.3, -0.25) is 4.79 Å². The summed E-state index contributed by atoms with van der Waals surface area (Å²) in [5.74, 6) is 0.556. The molecule has 0 radical (unpaired) electrons. The van der Waals surface area contributed by atoms with E-state index in [1.54, 1.807) is 4.90 Å². The van der Waals surface area contributed by atoms with Crippen molar-refractivity contribution in [1.29, 1.82) is 0 Å². The highest BCUT2D eigenvalue weighted by Crippen LogP contribution is 2.18. The smallest absolute Gasteiger partial charge is 0.248 e. The number of morpholine rings is 1. The fourth-order valence-electron chi connectivity index (χ4n) is 2.51. The number of aliphatic hydroxyl groups excluding tert-OH is 1. The van der Waals surface area contributed by atoms with Crippen molar-refractivity contribution < 1.29 is 14.6 Å². The number of rotatable bonds is 3. The van der Waals surface area contributed by atoms with E-state index in [0.717, 1.165) is 26.1 Å². The molecular formula is C11H20N2O3. The molecule has 5 nitrogen and oxygen atoms in total. The number of hydrogen-bond acceptors (Lipinski definition) is 4. The highest BCUT2D eigenvalue weighted by Gasteiger charge is 2.31. The van der Waals surface area contributed by atoms with Gasteiger partial charge in [0.2, 0.25) is 5.91 Å². The Kier molecular flexibility index (Phi) is 3.78. The molecule has 2 atom stereocenters. The van der Waals surface area contributed by atoms with Gasteiger partial charge in [0.15, 0.2) is 0 Å². The van der Waals surface area contributed by atoms with Gasteiger partial charge in [0.1, 0.15) is 6.61 Å². The lowest BCUT2D eigenvalue weighted by atomic mass is 10.1. The van der Waals surface area contributed by atoms with E-state index >= 15 is 0 Å². The van der Waals surface area contributed by atoms with Crippen molar-refractivity contribution in [3.05, 3.63) is 0 Å². The normalized spacial score (nSPS) is 32.4. The van der Waals surface area contributed by atoms with Crippen LogP contribution < -0.4 is 0 Å². The maximum Gasteiger partial charge on any atom is 0.248 e. The van der Waals surface area contributed by atoms with E-state index in [4.69, 9.17) is 4.74 Å². The number of aliphatic hydroxyl groups is 1. The quantitative estimate of drug-likeness (QED) is 0.684. The Morgan fingerprint density at radius 1 is 1.56 bits per heavy atom. The molecular weight excluding hydrogens is 208 g/mol. The minimum absolute atomic E-state index is 0.00566. The lowest BCUT2D eigenvalue weighted by Crippen LogP contribution is -2.52. The van der Waals surface area contributed by atoms with Crippen molar-refractivity contribution in [3.8, 4) is 0 Å². The van der Waals surface area contributed by atoms with Crippen LogP contribution in [0.4, 0.5) is 0 Å². The topological polar surface area (TPSA) is 53.0 Å². The first-order chi connectivity index (χ1) is 7.70. The molecule has 2 rings (SSSR count). The van der Waals surface area contributed by atoms with Crippen molar-refractivity contribution in [2.24, 2.45) is 5.92 Å². The molecule has 2 fully saturated rings. The van der Waals surface area contributed by atoms with Crippen molar-refractivity contribution in [1.82, 2.24) is 9.80 Å². The van der Waals surface area contributed by atoms with Crippen LogP contribution in [0.5, 0.6) is 0 Å². The average Bonchev–Trinajstić information content (AvgIpc) is 2.67. The molecule has 0 aliphatic carbocycles. The third-order valence-electron chi connectivity index (χ3n) is 3.45. The van der Waals surface area contributed by atoms with E-state index in [2.05, 4.69) is 11.9 Å². The van der Waals surface area contributed by atoms with Gasteiger partial charge in [-0.15, -0.1) is 0 Å². The fourth-order valence-corrected chi connectivity index (χ4v) is 2.51. The summed E-state index contributed by atoms with van der Waals surface area (Å²) in [4.78, 5) is 15.8. The molecule has 2 unspecified atom stereocenters. The van der Waals surface area contributed by atoms with Gasteiger partial charge < -0.3 is 19.6 Å². The minimum atomic E-state index is -0.146. The molecule has 16 heavy (non-hydrogen) atoms. The molecule has 1 N–H and O–H groups in total. The molecule has 0 spiro atoms. The van der Waals surface area contributed by atoms with Crippen LogP contribution in [0.25, 0.3) is 0 Å². The van der Waals surface area contributed by atoms with Gasteiger partial charge in [0.05, 0.1) is 19.3 Å². The number of hydrogen-bond donors (Lipinski definition) is 1. The van der Waals surface area contributed by atoms with Gasteiger partial charge in [-0.1, -0.05) is 0 Å². The highest BCUT2D eigenvalue weighted by molar-refractivity contribution is 5.78. The molecule has 0 aromatic rings. The monoisotopic (exact) mass is 228 g/mol. The zero-order chi connectivity index (χ0) is 11.5. The van der Waals surface area contributed by atoms with Crippen LogP contribution in [0.3, 0.4) is 0 Å². The van der Waals surface area contributed by atoms with Gasteiger partial charge >= 0.3 is 0 Å². The Balaban J connectivity index is 1.92. The summed E-state index contributed by atoms with van der Waals surface area (Å²) in [7, 11) is 2.10. The Morgan fingerprint density at radius 3 is 3.00 bits per heavy atom. The first kappa shape index (κ1) is 11.8. The molecule has 2 aliphatic rings. The second-order valence-electron chi connectivity index (χ2n) is 4.81. The summed E-state index contributed by atoms with van der Waals surface area (Å²) >= 11 is 0. The van der Waals surface area contributed by atoms with Gasteiger partial charge in [0, 0.05) is 13.1 Å². The minimum Gasteiger partial charge on any atom is -0.394 e. The Labute approximate surface area is 96.0 Å². The summed E-state index contributed by atoms with van der Waals surface area (Å²) in [5.41, 5.74) is 0. The number of likely N-dealkylation sites (tertiary alicyclic amines) is 1. The van der Waals surface area contributed by atoms with E-state index < -0.39 is 0 Å². The third kappa shape index (κ3) is 2.53.